The third kappa shape index (κ3) is 7.20. The molecule has 0 spiro atoms. The van der Waals surface area contributed by atoms with Gasteiger partial charge in [0.15, 0.2) is 0 Å². The van der Waals surface area contributed by atoms with Gasteiger partial charge < -0.3 is 20.1 Å². The van der Waals surface area contributed by atoms with Crippen molar-refractivity contribution in [3.63, 3.8) is 0 Å². The van der Waals surface area contributed by atoms with Crippen molar-refractivity contribution in [1.82, 2.24) is 4.90 Å². The van der Waals surface area contributed by atoms with Gasteiger partial charge in [0.25, 0.3) is 0 Å². The molecule has 6 heteroatoms. The molecule has 23 heavy (non-hydrogen) atoms. The summed E-state index contributed by atoms with van der Waals surface area (Å²) in [5.41, 5.74) is 5.45. The number of amides is 1. The van der Waals surface area contributed by atoms with Crippen molar-refractivity contribution in [1.29, 1.82) is 0 Å². The van der Waals surface area contributed by atoms with Crippen LogP contribution in [0.1, 0.15) is 25.7 Å². The molecule has 0 aliphatic carbocycles. The number of benzene rings is 1. The van der Waals surface area contributed by atoms with Crippen molar-refractivity contribution >= 4 is 18.3 Å². The molecule has 130 valence electrons. The first kappa shape index (κ1) is 19.7. The fraction of sp³-hybridized carbons (Fsp3) is 0.588. The van der Waals surface area contributed by atoms with E-state index in [1.54, 1.807) is 0 Å². The Balaban J connectivity index is 0.00000264. The Morgan fingerprint density at radius 1 is 1.17 bits per heavy atom. The number of halogens is 1. The Bertz CT molecular complexity index is 437. The van der Waals surface area contributed by atoms with E-state index in [4.69, 9.17) is 15.2 Å². The smallest absolute Gasteiger partial charge is 0.226 e. The van der Waals surface area contributed by atoms with Crippen LogP contribution in [0.25, 0.3) is 0 Å². The lowest BCUT2D eigenvalue weighted by atomic mass is 10.1. The van der Waals surface area contributed by atoms with Gasteiger partial charge >= 0.3 is 0 Å². The molecule has 1 saturated heterocycles. The molecular formula is C17H27ClN2O3. The van der Waals surface area contributed by atoms with Crippen molar-refractivity contribution in [3.05, 3.63) is 30.3 Å². The third-order valence-corrected chi connectivity index (χ3v) is 3.82. The highest BCUT2D eigenvalue weighted by atomic mass is 35.5. The molecule has 1 aromatic carbocycles. The first-order valence-corrected chi connectivity index (χ1v) is 8.07. The fourth-order valence-corrected chi connectivity index (χ4v) is 2.54. The molecule has 1 heterocycles. The molecule has 1 amide bonds. The number of carbonyl (C=O) groups is 1. The van der Waals surface area contributed by atoms with Crippen LogP contribution >= 0.6 is 12.4 Å². The van der Waals surface area contributed by atoms with Crippen molar-refractivity contribution in [2.24, 2.45) is 5.73 Å². The number of hydrogen-bond acceptors (Lipinski definition) is 4. The van der Waals surface area contributed by atoms with Crippen LogP contribution in [-0.4, -0.2) is 49.8 Å². The minimum absolute atomic E-state index is 0. The molecule has 1 aliphatic heterocycles. The molecule has 0 saturated carbocycles. The number of nitrogens with two attached hydrogens (primary N) is 1. The predicted octanol–water partition coefficient (Wildman–Crippen LogP) is 2.23. The molecule has 2 rings (SSSR count). The van der Waals surface area contributed by atoms with E-state index < -0.39 is 0 Å². The predicted molar refractivity (Wildman–Crippen MR) is 93.0 cm³/mol. The largest absolute Gasteiger partial charge is 0.493 e. The molecular weight excluding hydrogens is 316 g/mol. The number of ether oxygens (including phenoxy) is 2. The maximum Gasteiger partial charge on any atom is 0.226 e. The molecule has 1 aromatic rings. The van der Waals surface area contributed by atoms with Crippen molar-refractivity contribution in [2.75, 3.05) is 32.8 Å². The second kappa shape index (κ2) is 11.3. The minimum atomic E-state index is 0. The van der Waals surface area contributed by atoms with E-state index in [2.05, 4.69) is 0 Å². The third-order valence-electron chi connectivity index (χ3n) is 3.82. The lowest BCUT2D eigenvalue weighted by Gasteiger charge is -2.32. The van der Waals surface area contributed by atoms with Crippen molar-refractivity contribution in [3.8, 4) is 5.75 Å². The molecule has 0 unspecified atom stereocenters. The van der Waals surface area contributed by atoms with Gasteiger partial charge in [0, 0.05) is 19.7 Å². The van der Waals surface area contributed by atoms with Gasteiger partial charge in [0.05, 0.1) is 19.1 Å². The second-order valence-electron chi connectivity index (χ2n) is 5.50. The van der Waals surface area contributed by atoms with Crippen LogP contribution in [0.4, 0.5) is 0 Å². The SMILES string of the molecule is Cl.NCCCOC1CCN(C(=O)CCOc2ccccc2)CC1. The van der Waals surface area contributed by atoms with Gasteiger partial charge in [-0.05, 0) is 37.9 Å². The molecule has 0 aromatic heterocycles. The van der Waals surface area contributed by atoms with Crippen LogP contribution in [-0.2, 0) is 9.53 Å². The van der Waals surface area contributed by atoms with Gasteiger partial charge in [-0.25, -0.2) is 0 Å². The van der Waals surface area contributed by atoms with E-state index in [0.717, 1.165) is 44.7 Å². The van der Waals surface area contributed by atoms with Crippen LogP contribution in [0.2, 0.25) is 0 Å². The highest BCUT2D eigenvalue weighted by molar-refractivity contribution is 5.85. The zero-order valence-corrected chi connectivity index (χ0v) is 14.3. The minimum Gasteiger partial charge on any atom is -0.493 e. The lowest BCUT2D eigenvalue weighted by molar-refractivity contribution is -0.134. The summed E-state index contributed by atoms with van der Waals surface area (Å²) in [5, 5.41) is 0. The normalized spacial score (nSPS) is 15.1. The average molecular weight is 343 g/mol. The van der Waals surface area contributed by atoms with Gasteiger partial charge in [-0.3, -0.25) is 4.79 Å². The van der Waals surface area contributed by atoms with E-state index in [1.807, 2.05) is 35.2 Å². The van der Waals surface area contributed by atoms with E-state index >= 15 is 0 Å². The fourth-order valence-electron chi connectivity index (χ4n) is 2.54. The summed E-state index contributed by atoms with van der Waals surface area (Å²) in [5.74, 6) is 0.971. The Hall–Kier alpha value is -1.30. The Morgan fingerprint density at radius 2 is 1.87 bits per heavy atom. The van der Waals surface area contributed by atoms with Crippen LogP contribution in [0.3, 0.4) is 0 Å². The number of carbonyl (C=O) groups excluding carboxylic acids is 1. The number of para-hydroxylation sites is 1. The monoisotopic (exact) mass is 342 g/mol. The van der Waals surface area contributed by atoms with E-state index in [0.29, 0.717) is 19.6 Å². The molecule has 2 N–H and O–H groups in total. The zero-order chi connectivity index (χ0) is 15.6. The molecule has 1 aliphatic rings. The lowest BCUT2D eigenvalue weighted by Crippen LogP contribution is -2.41. The Morgan fingerprint density at radius 3 is 2.52 bits per heavy atom. The van der Waals surface area contributed by atoms with E-state index in [9.17, 15) is 4.79 Å². The molecule has 0 radical (unpaired) electrons. The van der Waals surface area contributed by atoms with E-state index in [-0.39, 0.29) is 24.4 Å². The average Bonchev–Trinajstić information content (AvgIpc) is 2.56. The first-order chi connectivity index (χ1) is 10.8. The number of nitrogens with zero attached hydrogens (tertiary/aromatic N) is 1. The van der Waals surface area contributed by atoms with Gasteiger partial charge in [0.2, 0.25) is 5.91 Å². The topological polar surface area (TPSA) is 64.8 Å². The quantitative estimate of drug-likeness (QED) is 0.736. The molecule has 0 bridgehead atoms. The number of piperidine rings is 1. The summed E-state index contributed by atoms with van der Waals surface area (Å²) in [7, 11) is 0. The maximum absolute atomic E-state index is 12.1. The maximum atomic E-state index is 12.1. The zero-order valence-electron chi connectivity index (χ0n) is 13.5. The van der Waals surface area contributed by atoms with Crippen molar-refractivity contribution in [2.45, 2.75) is 31.8 Å². The molecule has 1 fully saturated rings. The van der Waals surface area contributed by atoms with Gasteiger partial charge in [-0.2, -0.15) is 0 Å². The number of rotatable bonds is 8. The summed E-state index contributed by atoms with van der Waals surface area (Å²) in [6.45, 7) is 3.36. The highest BCUT2D eigenvalue weighted by Gasteiger charge is 2.22. The van der Waals surface area contributed by atoms with Crippen LogP contribution < -0.4 is 10.5 Å². The summed E-state index contributed by atoms with van der Waals surface area (Å²) in [4.78, 5) is 14.1. The molecule has 0 atom stereocenters. The standard InChI is InChI=1S/C17H26N2O3.ClH/c18-10-4-13-21-16-7-11-19(12-8-16)17(20)9-14-22-15-5-2-1-3-6-15;/h1-3,5-6,16H,4,7-14,18H2;1H. The molecule has 5 nitrogen and oxygen atoms in total. The van der Waals surface area contributed by atoms with Gasteiger partial charge in [-0.15, -0.1) is 12.4 Å². The van der Waals surface area contributed by atoms with Crippen molar-refractivity contribution < 1.29 is 14.3 Å². The van der Waals surface area contributed by atoms with Gasteiger partial charge in [-0.1, -0.05) is 18.2 Å². The number of hydrogen-bond donors (Lipinski definition) is 1. The second-order valence-corrected chi connectivity index (χ2v) is 5.50. The highest BCUT2D eigenvalue weighted by Crippen LogP contribution is 2.15. The Labute approximate surface area is 144 Å². The summed E-state index contributed by atoms with van der Waals surface area (Å²) in [6, 6.07) is 9.58. The summed E-state index contributed by atoms with van der Waals surface area (Å²) >= 11 is 0. The van der Waals surface area contributed by atoms with E-state index in [1.165, 1.54) is 0 Å². The van der Waals surface area contributed by atoms with Crippen LogP contribution in [0, 0.1) is 0 Å². The summed E-state index contributed by atoms with van der Waals surface area (Å²) < 4.78 is 11.3. The van der Waals surface area contributed by atoms with Gasteiger partial charge in [0.1, 0.15) is 5.75 Å². The van der Waals surface area contributed by atoms with Crippen LogP contribution in [0.15, 0.2) is 30.3 Å². The summed E-state index contributed by atoms with van der Waals surface area (Å²) in [6.07, 6.45) is 3.42. The van der Waals surface area contributed by atoms with Crippen LogP contribution in [0.5, 0.6) is 5.75 Å². The first-order valence-electron chi connectivity index (χ1n) is 8.07. The number of likely N-dealkylation sites (tertiary alicyclic amines) is 1. The Kier molecular flexibility index (Phi) is 9.67.